The minimum Gasteiger partial charge on any atom is -0.478 e. The first kappa shape index (κ1) is 11.3. The number of nitrogens with zero attached hydrogens (tertiary/aromatic N) is 2. The zero-order valence-electron chi connectivity index (χ0n) is 8.60. The van der Waals surface area contributed by atoms with Crippen molar-refractivity contribution in [3.63, 3.8) is 0 Å². The van der Waals surface area contributed by atoms with Crippen LogP contribution in [-0.2, 0) is 6.54 Å². The van der Waals surface area contributed by atoms with Crippen LogP contribution in [0.1, 0.15) is 15.9 Å². The second kappa shape index (κ2) is 4.32. The van der Waals surface area contributed by atoms with Crippen LogP contribution in [0.5, 0.6) is 0 Å². The highest BCUT2D eigenvalue weighted by Gasteiger charge is 2.07. The van der Waals surface area contributed by atoms with Gasteiger partial charge in [-0.25, -0.2) is 13.6 Å². The maximum absolute atomic E-state index is 12.9. The smallest absolute Gasteiger partial charge is 0.338 e. The van der Waals surface area contributed by atoms with E-state index in [1.807, 2.05) is 0 Å². The number of hydrogen-bond donors (Lipinski definition) is 1. The van der Waals surface area contributed by atoms with Gasteiger partial charge < -0.3 is 5.11 Å². The van der Waals surface area contributed by atoms with E-state index in [-0.39, 0.29) is 12.1 Å². The van der Waals surface area contributed by atoms with E-state index < -0.39 is 17.6 Å². The molecule has 6 heteroatoms. The van der Waals surface area contributed by atoms with Gasteiger partial charge >= 0.3 is 5.97 Å². The van der Waals surface area contributed by atoms with Crippen molar-refractivity contribution in [1.29, 1.82) is 0 Å². The predicted octanol–water partition coefficient (Wildman–Crippen LogP) is 1.91. The van der Waals surface area contributed by atoms with Gasteiger partial charge in [-0.05, 0) is 17.7 Å². The van der Waals surface area contributed by atoms with Crippen molar-refractivity contribution in [2.45, 2.75) is 6.54 Å². The highest BCUT2D eigenvalue weighted by atomic mass is 19.2. The quantitative estimate of drug-likeness (QED) is 0.888. The Balaban J connectivity index is 2.19. The number of benzene rings is 1. The van der Waals surface area contributed by atoms with Gasteiger partial charge in [-0.3, -0.25) is 4.68 Å². The van der Waals surface area contributed by atoms with Crippen LogP contribution in [0.2, 0.25) is 0 Å². The minimum absolute atomic E-state index is 0.0487. The maximum Gasteiger partial charge on any atom is 0.338 e. The first-order chi connectivity index (χ1) is 8.06. The Morgan fingerprint density at radius 1 is 1.35 bits per heavy atom. The summed E-state index contributed by atoms with van der Waals surface area (Å²) in [5.74, 6) is -2.94. The van der Waals surface area contributed by atoms with Gasteiger partial charge in [0.15, 0.2) is 11.6 Å². The Hall–Kier alpha value is -2.24. The molecule has 0 amide bonds. The third kappa shape index (κ3) is 2.47. The van der Waals surface area contributed by atoms with E-state index in [1.165, 1.54) is 23.1 Å². The zero-order valence-corrected chi connectivity index (χ0v) is 8.60. The third-order valence-corrected chi connectivity index (χ3v) is 2.21. The van der Waals surface area contributed by atoms with E-state index in [4.69, 9.17) is 5.11 Å². The number of carboxylic acid groups (broad SMARTS) is 1. The van der Waals surface area contributed by atoms with Gasteiger partial charge in [0.05, 0.1) is 18.3 Å². The van der Waals surface area contributed by atoms with Crippen molar-refractivity contribution in [1.82, 2.24) is 9.78 Å². The molecule has 1 N–H and O–H groups in total. The molecular formula is C11H8F2N2O2. The molecule has 0 fully saturated rings. The number of carbonyl (C=O) groups is 1. The fourth-order valence-electron chi connectivity index (χ4n) is 1.39. The Morgan fingerprint density at radius 3 is 2.71 bits per heavy atom. The Kier molecular flexibility index (Phi) is 2.86. The monoisotopic (exact) mass is 238 g/mol. The molecule has 0 aliphatic rings. The molecule has 0 unspecified atom stereocenters. The molecule has 4 nitrogen and oxygen atoms in total. The summed E-state index contributed by atoms with van der Waals surface area (Å²) in [7, 11) is 0. The Bertz CT molecular complexity index is 566. The lowest BCUT2D eigenvalue weighted by Crippen LogP contribution is -2.01. The molecule has 0 radical (unpaired) electrons. The van der Waals surface area contributed by atoms with Crippen LogP contribution in [0.3, 0.4) is 0 Å². The van der Waals surface area contributed by atoms with Gasteiger partial charge in [0.25, 0.3) is 0 Å². The average Bonchev–Trinajstić information content (AvgIpc) is 2.72. The second-order valence-electron chi connectivity index (χ2n) is 3.48. The molecule has 2 aromatic rings. The molecule has 0 spiro atoms. The van der Waals surface area contributed by atoms with Crippen molar-refractivity contribution in [3.05, 3.63) is 53.4 Å². The van der Waals surface area contributed by atoms with Crippen molar-refractivity contribution in [2.75, 3.05) is 0 Å². The van der Waals surface area contributed by atoms with Gasteiger partial charge in [0, 0.05) is 6.20 Å². The van der Waals surface area contributed by atoms with E-state index in [2.05, 4.69) is 5.10 Å². The molecule has 0 saturated heterocycles. The lowest BCUT2D eigenvalue weighted by Gasteiger charge is -2.02. The summed E-state index contributed by atoms with van der Waals surface area (Å²) in [6.45, 7) is 0.185. The van der Waals surface area contributed by atoms with Gasteiger partial charge in [0.1, 0.15) is 0 Å². The normalized spacial score (nSPS) is 10.5. The molecule has 1 aromatic carbocycles. The van der Waals surface area contributed by atoms with Crippen LogP contribution in [0.15, 0.2) is 30.6 Å². The summed E-state index contributed by atoms with van der Waals surface area (Å²) < 4.78 is 26.9. The summed E-state index contributed by atoms with van der Waals surface area (Å²) in [5.41, 5.74) is 0.552. The van der Waals surface area contributed by atoms with E-state index in [0.29, 0.717) is 5.56 Å². The van der Waals surface area contributed by atoms with E-state index in [9.17, 15) is 13.6 Å². The topological polar surface area (TPSA) is 55.1 Å². The highest BCUT2D eigenvalue weighted by Crippen LogP contribution is 2.10. The summed E-state index contributed by atoms with van der Waals surface area (Å²) in [5, 5.41) is 12.5. The van der Waals surface area contributed by atoms with Gasteiger partial charge in [-0.2, -0.15) is 5.10 Å². The molecular weight excluding hydrogens is 230 g/mol. The predicted molar refractivity (Wildman–Crippen MR) is 54.6 cm³/mol. The molecule has 88 valence electrons. The largest absolute Gasteiger partial charge is 0.478 e. The van der Waals surface area contributed by atoms with Crippen molar-refractivity contribution in [2.24, 2.45) is 0 Å². The van der Waals surface area contributed by atoms with Crippen molar-refractivity contribution in [3.8, 4) is 0 Å². The average molecular weight is 238 g/mol. The zero-order chi connectivity index (χ0) is 12.4. The van der Waals surface area contributed by atoms with Crippen LogP contribution < -0.4 is 0 Å². The van der Waals surface area contributed by atoms with E-state index in [1.54, 1.807) is 0 Å². The van der Waals surface area contributed by atoms with Crippen LogP contribution in [0.25, 0.3) is 0 Å². The molecule has 0 aliphatic carbocycles. The van der Waals surface area contributed by atoms with Crippen LogP contribution >= 0.6 is 0 Å². The number of hydrogen-bond acceptors (Lipinski definition) is 2. The molecule has 2 rings (SSSR count). The number of carboxylic acids is 1. The molecule has 0 aliphatic heterocycles. The second-order valence-corrected chi connectivity index (χ2v) is 3.48. The number of rotatable bonds is 3. The summed E-state index contributed by atoms with van der Waals surface area (Å²) in [6.07, 6.45) is 2.52. The van der Waals surface area contributed by atoms with E-state index in [0.717, 1.165) is 12.1 Å². The van der Waals surface area contributed by atoms with Crippen LogP contribution in [0, 0.1) is 11.6 Å². The molecule has 0 saturated carbocycles. The molecule has 0 atom stereocenters. The van der Waals surface area contributed by atoms with E-state index >= 15 is 0 Å². The first-order valence-corrected chi connectivity index (χ1v) is 4.76. The minimum atomic E-state index is -1.08. The number of aromatic carboxylic acids is 1. The Morgan fingerprint density at radius 2 is 2.12 bits per heavy atom. The molecule has 17 heavy (non-hydrogen) atoms. The third-order valence-electron chi connectivity index (χ3n) is 2.21. The standard InChI is InChI=1S/C11H8F2N2O2/c12-9-2-1-7(3-10(9)13)5-15-6-8(4-14-15)11(16)17/h1-4,6H,5H2,(H,16,17). The SMILES string of the molecule is O=C(O)c1cnn(Cc2ccc(F)c(F)c2)c1. The fraction of sp³-hybridized carbons (Fsp3) is 0.0909. The molecule has 0 bridgehead atoms. The summed E-state index contributed by atoms with van der Waals surface area (Å²) in [4.78, 5) is 10.6. The Labute approximate surface area is 95.1 Å². The first-order valence-electron chi connectivity index (χ1n) is 4.76. The van der Waals surface area contributed by atoms with Crippen LogP contribution in [0.4, 0.5) is 8.78 Å². The molecule has 1 aromatic heterocycles. The van der Waals surface area contributed by atoms with Crippen molar-refractivity contribution < 1.29 is 18.7 Å². The lowest BCUT2D eigenvalue weighted by molar-refractivity contribution is 0.0697. The fourth-order valence-corrected chi connectivity index (χ4v) is 1.39. The molecule has 1 heterocycles. The van der Waals surface area contributed by atoms with Crippen LogP contribution in [-0.4, -0.2) is 20.9 Å². The number of halogens is 2. The van der Waals surface area contributed by atoms with Gasteiger partial charge in [0.2, 0.25) is 0 Å². The lowest BCUT2D eigenvalue weighted by atomic mass is 10.2. The summed E-state index contributed by atoms with van der Waals surface area (Å²) >= 11 is 0. The summed E-state index contributed by atoms with van der Waals surface area (Å²) in [6, 6.07) is 3.49. The maximum atomic E-state index is 12.9. The van der Waals surface area contributed by atoms with Gasteiger partial charge in [-0.15, -0.1) is 0 Å². The van der Waals surface area contributed by atoms with Gasteiger partial charge in [-0.1, -0.05) is 6.07 Å². The van der Waals surface area contributed by atoms with Crippen molar-refractivity contribution >= 4 is 5.97 Å². The highest BCUT2D eigenvalue weighted by molar-refractivity contribution is 5.86. The number of aromatic nitrogens is 2.